The summed E-state index contributed by atoms with van der Waals surface area (Å²) in [6.45, 7) is 1.76. The number of benzene rings is 1. The van der Waals surface area contributed by atoms with Gasteiger partial charge in [0.2, 0.25) is 0 Å². The van der Waals surface area contributed by atoms with E-state index in [0.29, 0.717) is 11.9 Å². The van der Waals surface area contributed by atoms with Crippen LogP contribution in [0.2, 0.25) is 0 Å². The quantitative estimate of drug-likeness (QED) is 0.424. The van der Waals surface area contributed by atoms with Crippen LogP contribution >= 0.6 is 0 Å². The Morgan fingerprint density at radius 3 is 2.89 bits per heavy atom. The van der Waals surface area contributed by atoms with Crippen LogP contribution in [0.1, 0.15) is 29.6 Å². The number of amides is 1. The molecule has 0 radical (unpaired) electrons. The second-order valence-electron chi connectivity index (χ2n) is 7.13. The number of aromatic nitrogens is 1. The lowest BCUT2D eigenvalue weighted by atomic mass is 9.76. The van der Waals surface area contributed by atoms with Gasteiger partial charge in [0.05, 0.1) is 33.3 Å². The van der Waals surface area contributed by atoms with E-state index >= 15 is 0 Å². The molecule has 0 bridgehead atoms. The average Bonchev–Trinajstić information content (AvgIpc) is 3.22. The second-order valence-corrected chi connectivity index (χ2v) is 7.13. The van der Waals surface area contributed by atoms with Crippen LogP contribution < -0.4 is 10.6 Å². The van der Waals surface area contributed by atoms with Crippen molar-refractivity contribution in [3.63, 3.8) is 0 Å². The van der Waals surface area contributed by atoms with Gasteiger partial charge in [0.25, 0.3) is 11.6 Å². The molecule has 0 saturated carbocycles. The maximum atomic E-state index is 12.6. The number of nitro benzene ring substituents is 1. The molecule has 142 valence electrons. The first-order chi connectivity index (χ1) is 13.0. The van der Waals surface area contributed by atoms with Crippen LogP contribution in [0, 0.1) is 15.5 Å². The highest BCUT2D eigenvalue weighted by atomic mass is 16.6. The van der Waals surface area contributed by atoms with Crippen LogP contribution in [0.5, 0.6) is 0 Å². The number of esters is 1. The second kappa shape index (κ2) is 6.66. The third kappa shape index (κ3) is 3.03. The molecule has 4 rings (SSSR count). The molecule has 2 aliphatic heterocycles. The Balaban J connectivity index is 1.47. The fraction of sp³-hybridized carbons (Fsp3) is 0.444. The highest BCUT2D eigenvalue weighted by molar-refractivity contribution is 6.10. The average molecular weight is 372 g/mol. The van der Waals surface area contributed by atoms with Crippen molar-refractivity contribution in [1.82, 2.24) is 15.6 Å². The minimum atomic E-state index is -0.507. The Labute approximate surface area is 154 Å². The number of rotatable bonds is 4. The number of ether oxygens (including phenoxy) is 1. The van der Waals surface area contributed by atoms with Crippen molar-refractivity contribution in [3.8, 4) is 0 Å². The number of carbonyl (C=O) groups excluding carboxylic acids is 2. The molecule has 9 nitrogen and oxygen atoms in total. The lowest BCUT2D eigenvalue weighted by Crippen LogP contribution is -2.39. The number of carbonyl (C=O) groups is 2. The zero-order chi connectivity index (χ0) is 19.0. The van der Waals surface area contributed by atoms with Gasteiger partial charge in [-0.3, -0.25) is 19.7 Å². The predicted molar refractivity (Wildman–Crippen MR) is 96.3 cm³/mol. The fourth-order valence-corrected chi connectivity index (χ4v) is 4.06. The number of H-pyrrole nitrogens is 1. The van der Waals surface area contributed by atoms with Crippen LogP contribution in [0.25, 0.3) is 10.9 Å². The Bertz CT molecular complexity index is 916. The maximum absolute atomic E-state index is 12.6. The van der Waals surface area contributed by atoms with Crippen molar-refractivity contribution in [3.05, 3.63) is 40.1 Å². The van der Waals surface area contributed by atoms with Crippen LogP contribution in [-0.4, -0.2) is 47.5 Å². The fourth-order valence-electron chi connectivity index (χ4n) is 4.06. The number of nitrogens with one attached hydrogen (secondary N) is 3. The van der Waals surface area contributed by atoms with Crippen molar-refractivity contribution in [1.29, 1.82) is 0 Å². The van der Waals surface area contributed by atoms with E-state index in [1.165, 1.54) is 12.3 Å². The first kappa shape index (κ1) is 17.5. The van der Waals surface area contributed by atoms with Crippen molar-refractivity contribution in [2.45, 2.75) is 25.4 Å². The van der Waals surface area contributed by atoms with E-state index in [2.05, 4.69) is 15.6 Å². The van der Waals surface area contributed by atoms with Gasteiger partial charge in [0.15, 0.2) is 0 Å². The van der Waals surface area contributed by atoms with E-state index in [1.54, 1.807) is 12.1 Å². The minimum Gasteiger partial charge on any atom is -0.460 e. The number of fused-ring (bicyclic) bond motifs is 1. The van der Waals surface area contributed by atoms with Gasteiger partial charge < -0.3 is 20.4 Å². The Kier molecular flexibility index (Phi) is 4.31. The van der Waals surface area contributed by atoms with E-state index in [4.69, 9.17) is 4.74 Å². The number of hydrogen-bond donors (Lipinski definition) is 3. The van der Waals surface area contributed by atoms with Gasteiger partial charge in [-0.05, 0) is 32.0 Å². The first-order valence-electron chi connectivity index (χ1n) is 8.95. The molecule has 3 heterocycles. The zero-order valence-corrected chi connectivity index (χ0v) is 14.6. The van der Waals surface area contributed by atoms with E-state index in [1.807, 2.05) is 0 Å². The van der Waals surface area contributed by atoms with Crippen molar-refractivity contribution in [2.24, 2.45) is 5.41 Å². The van der Waals surface area contributed by atoms with Gasteiger partial charge in [-0.25, -0.2) is 0 Å². The van der Waals surface area contributed by atoms with Gasteiger partial charge in [-0.2, -0.15) is 0 Å². The van der Waals surface area contributed by atoms with E-state index in [-0.39, 0.29) is 35.3 Å². The third-order valence-corrected chi connectivity index (χ3v) is 5.50. The van der Waals surface area contributed by atoms with Crippen molar-refractivity contribution < 1.29 is 19.2 Å². The molecule has 1 aromatic carbocycles. The summed E-state index contributed by atoms with van der Waals surface area (Å²) in [4.78, 5) is 38.5. The van der Waals surface area contributed by atoms with Gasteiger partial charge in [-0.1, -0.05) is 6.07 Å². The molecule has 1 unspecified atom stereocenters. The SMILES string of the molecule is O=C(NCC1CC2(CCNCC2)C(=O)O1)c1c[nH]c2cccc([N+](=O)[O-])c12. The van der Waals surface area contributed by atoms with Gasteiger partial charge in [0.1, 0.15) is 6.10 Å². The molecule has 27 heavy (non-hydrogen) atoms. The summed E-state index contributed by atoms with van der Waals surface area (Å²) in [7, 11) is 0. The molecule has 2 aliphatic rings. The molecule has 1 atom stereocenters. The molecular formula is C18H20N4O5. The first-order valence-corrected chi connectivity index (χ1v) is 8.95. The summed E-state index contributed by atoms with van der Waals surface area (Å²) < 4.78 is 5.47. The Hall–Kier alpha value is -2.94. The normalized spacial score (nSPS) is 21.3. The number of aromatic amines is 1. The molecular weight excluding hydrogens is 352 g/mol. The number of hydrogen-bond acceptors (Lipinski definition) is 6. The van der Waals surface area contributed by atoms with Crippen molar-refractivity contribution >= 4 is 28.5 Å². The van der Waals surface area contributed by atoms with Crippen LogP contribution in [-0.2, 0) is 9.53 Å². The molecule has 3 N–H and O–H groups in total. The number of non-ortho nitro benzene ring substituents is 1. The summed E-state index contributed by atoms with van der Waals surface area (Å²) in [5.41, 5.74) is 0.161. The molecule has 2 aromatic rings. The molecule has 2 fully saturated rings. The zero-order valence-electron chi connectivity index (χ0n) is 14.6. The number of cyclic esters (lactones) is 1. The Morgan fingerprint density at radius 1 is 1.37 bits per heavy atom. The van der Waals surface area contributed by atoms with Crippen LogP contribution in [0.4, 0.5) is 5.69 Å². The van der Waals surface area contributed by atoms with E-state index in [0.717, 1.165) is 25.9 Å². The number of piperidine rings is 1. The highest BCUT2D eigenvalue weighted by Gasteiger charge is 2.49. The molecule has 2 saturated heterocycles. The summed E-state index contributed by atoms with van der Waals surface area (Å²) in [5, 5.41) is 17.5. The molecule has 1 amide bonds. The summed E-state index contributed by atoms with van der Waals surface area (Å²) >= 11 is 0. The highest BCUT2D eigenvalue weighted by Crippen LogP contribution is 2.41. The van der Waals surface area contributed by atoms with Crippen LogP contribution in [0.3, 0.4) is 0 Å². The van der Waals surface area contributed by atoms with Gasteiger partial charge >= 0.3 is 5.97 Å². The summed E-state index contributed by atoms with van der Waals surface area (Å²) in [6, 6.07) is 4.61. The van der Waals surface area contributed by atoms with Gasteiger partial charge in [-0.15, -0.1) is 0 Å². The smallest absolute Gasteiger partial charge is 0.312 e. The number of nitro groups is 1. The summed E-state index contributed by atoms with van der Waals surface area (Å²) in [5.74, 6) is -0.621. The molecule has 9 heteroatoms. The lowest BCUT2D eigenvalue weighted by molar-refractivity contribution is -0.383. The molecule has 1 aromatic heterocycles. The minimum absolute atomic E-state index is 0.125. The predicted octanol–water partition coefficient (Wildman–Crippen LogP) is 1.49. The number of nitrogens with zero attached hydrogens (tertiary/aromatic N) is 1. The van der Waals surface area contributed by atoms with Gasteiger partial charge in [0, 0.05) is 18.7 Å². The maximum Gasteiger partial charge on any atom is 0.312 e. The monoisotopic (exact) mass is 372 g/mol. The third-order valence-electron chi connectivity index (χ3n) is 5.50. The van der Waals surface area contributed by atoms with E-state index < -0.39 is 16.2 Å². The molecule has 0 aliphatic carbocycles. The lowest BCUT2D eigenvalue weighted by Gasteiger charge is -2.29. The Morgan fingerprint density at radius 2 is 2.15 bits per heavy atom. The van der Waals surface area contributed by atoms with Crippen LogP contribution in [0.15, 0.2) is 24.4 Å². The summed E-state index contributed by atoms with van der Waals surface area (Å²) in [6.07, 6.45) is 3.15. The molecule has 1 spiro atoms. The topological polar surface area (TPSA) is 126 Å². The van der Waals surface area contributed by atoms with E-state index in [9.17, 15) is 19.7 Å². The standard InChI is InChI=1S/C18H20N4O5/c23-16(12-10-20-13-2-1-3-14(15(12)13)22(25)26)21-9-11-8-18(17(24)27-11)4-6-19-7-5-18/h1-3,10-11,19-20H,4-9H2,(H,21,23). The van der Waals surface area contributed by atoms with Crippen molar-refractivity contribution in [2.75, 3.05) is 19.6 Å². The largest absolute Gasteiger partial charge is 0.460 e.